The SMILES string of the molecule is [N-]=[N+]=NCCCNC(C(=O)O)c1cc(F)c(F)c(F)c1. The maximum absolute atomic E-state index is 13.1. The number of nitrogens with zero attached hydrogens (tertiary/aromatic N) is 3. The molecular formula is C11H11F3N4O2. The number of benzene rings is 1. The van der Waals surface area contributed by atoms with Crippen LogP contribution in [0.2, 0.25) is 0 Å². The lowest BCUT2D eigenvalue weighted by molar-refractivity contribution is -0.139. The maximum atomic E-state index is 13.1. The van der Waals surface area contributed by atoms with Crippen LogP contribution in [0.25, 0.3) is 10.4 Å². The number of hydrogen-bond acceptors (Lipinski definition) is 3. The molecule has 0 spiro atoms. The third-order valence-corrected chi connectivity index (χ3v) is 2.43. The largest absolute Gasteiger partial charge is 0.480 e. The quantitative estimate of drug-likeness (QED) is 0.265. The monoisotopic (exact) mass is 288 g/mol. The van der Waals surface area contributed by atoms with Crippen LogP contribution in [-0.2, 0) is 4.79 Å². The van der Waals surface area contributed by atoms with Crippen LogP contribution < -0.4 is 5.32 Å². The van der Waals surface area contributed by atoms with Gasteiger partial charge in [-0.05, 0) is 36.2 Å². The molecule has 0 radical (unpaired) electrons. The zero-order valence-electron chi connectivity index (χ0n) is 10.2. The second-order valence-corrected chi connectivity index (χ2v) is 3.83. The Morgan fingerprint density at radius 1 is 1.40 bits per heavy atom. The fraction of sp³-hybridized carbons (Fsp3) is 0.364. The minimum atomic E-state index is -1.65. The molecule has 0 fully saturated rings. The number of nitrogens with one attached hydrogen (secondary N) is 1. The van der Waals surface area contributed by atoms with Crippen LogP contribution in [0.5, 0.6) is 0 Å². The van der Waals surface area contributed by atoms with E-state index >= 15 is 0 Å². The summed E-state index contributed by atoms with van der Waals surface area (Å²) in [5.41, 5.74) is 7.81. The summed E-state index contributed by atoms with van der Waals surface area (Å²) >= 11 is 0. The van der Waals surface area contributed by atoms with Crippen LogP contribution in [0.15, 0.2) is 17.2 Å². The minimum absolute atomic E-state index is 0.149. The number of hydrogen-bond donors (Lipinski definition) is 2. The molecule has 2 N–H and O–H groups in total. The molecule has 6 nitrogen and oxygen atoms in total. The van der Waals surface area contributed by atoms with Crippen molar-refractivity contribution >= 4 is 5.97 Å². The van der Waals surface area contributed by atoms with Gasteiger partial charge in [0.2, 0.25) is 0 Å². The summed E-state index contributed by atoms with van der Waals surface area (Å²) in [6, 6.07) is -0.138. The van der Waals surface area contributed by atoms with Crippen molar-refractivity contribution in [3.8, 4) is 0 Å². The lowest BCUT2D eigenvalue weighted by Crippen LogP contribution is -2.30. The zero-order chi connectivity index (χ0) is 15.1. The number of azide groups is 1. The molecule has 108 valence electrons. The third kappa shape index (κ3) is 4.15. The first-order valence-electron chi connectivity index (χ1n) is 5.59. The molecule has 0 bridgehead atoms. The average Bonchev–Trinajstić information content (AvgIpc) is 2.39. The van der Waals surface area contributed by atoms with E-state index in [9.17, 15) is 18.0 Å². The smallest absolute Gasteiger partial charge is 0.325 e. The van der Waals surface area contributed by atoms with E-state index in [1.54, 1.807) is 0 Å². The van der Waals surface area contributed by atoms with Gasteiger partial charge in [-0.15, -0.1) is 0 Å². The first kappa shape index (κ1) is 15.8. The van der Waals surface area contributed by atoms with Crippen molar-refractivity contribution in [2.75, 3.05) is 13.1 Å². The maximum Gasteiger partial charge on any atom is 0.325 e. The van der Waals surface area contributed by atoms with E-state index < -0.39 is 29.5 Å². The summed E-state index contributed by atoms with van der Waals surface area (Å²) < 4.78 is 38.9. The Kier molecular flexibility index (Phi) is 5.82. The van der Waals surface area contributed by atoms with E-state index in [-0.39, 0.29) is 18.7 Å². The molecule has 0 heterocycles. The van der Waals surface area contributed by atoms with Gasteiger partial charge >= 0.3 is 5.97 Å². The second kappa shape index (κ2) is 7.37. The molecule has 0 aliphatic heterocycles. The predicted molar refractivity (Wildman–Crippen MR) is 63.3 cm³/mol. The highest BCUT2D eigenvalue weighted by Gasteiger charge is 2.22. The topological polar surface area (TPSA) is 98.1 Å². The van der Waals surface area contributed by atoms with Crippen molar-refractivity contribution in [1.82, 2.24) is 5.32 Å². The molecule has 9 heteroatoms. The molecule has 0 aliphatic rings. The van der Waals surface area contributed by atoms with Crippen molar-refractivity contribution in [3.05, 3.63) is 45.6 Å². The van der Waals surface area contributed by atoms with Gasteiger partial charge in [0, 0.05) is 11.5 Å². The highest BCUT2D eigenvalue weighted by atomic mass is 19.2. The van der Waals surface area contributed by atoms with Crippen LogP contribution >= 0.6 is 0 Å². The Hall–Kier alpha value is -2.25. The van der Waals surface area contributed by atoms with Gasteiger partial charge in [0.15, 0.2) is 17.5 Å². The van der Waals surface area contributed by atoms with Gasteiger partial charge in [-0.3, -0.25) is 4.79 Å². The first-order chi connectivity index (χ1) is 9.47. The van der Waals surface area contributed by atoms with Gasteiger partial charge in [0.05, 0.1) is 0 Å². The second-order valence-electron chi connectivity index (χ2n) is 3.83. The fourth-order valence-corrected chi connectivity index (χ4v) is 1.53. The normalized spacial score (nSPS) is 11.8. The van der Waals surface area contributed by atoms with E-state index in [1.165, 1.54) is 0 Å². The highest BCUT2D eigenvalue weighted by molar-refractivity contribution is 5.75. The van der Waals surface area contributed by atoms with Crippen LogP contribution in [0.3, 0.4) is 0 Å². The Labute approximate surface area is 111 Å². The average molecular weight is 288 g/mol. The van der Waals surface area contributed by atoms with Crippen LogP contribution in [0.1, 0.15) is 18.0 Å². The first-order valence-corrected chi connectivity index (χ1v) is 5.59. The molecule has 0 saturated heterocycles. The van der Waals surface area contributed by atoms with Gasteiger partial charge < -0.3 is 10.4 Å². The lowest BCUT2D eigenvalue weighted by Gasteiger charge is -2.15. The van der Waals surface area contributed by atoms with E-state index in [1.807, 2.05) is 0 Å². The van der Waals surface area contributed by atoms with Crippen molar-refractivity contribution in [3.63, 3.8) is 0 Å². The number of halogens is 3. The van der Waals surface area contributed by atoms with E-state index in [2.05, 4.69) is 15.3 Å². The standard InChI is InChI=1S/C11H11F3N4O2/c12-7-4-6(5-8(13)9(7)14)10(11(19)20)16-2-1-3-17-18-15/h4-5,10,16H,1-3H2,(H,19,20). The lowest BCUT2D eigenvalue weighted by atomic mass is 10.1. The van der Waals surface area contributed by atoms with Crippen molar-refractivity contribution in [2.45, 2.75) is 12.5 Å². The summed E-state index contributed by atoms with van der Waals surface area (Å²) in [5.74, 6) is -5.93. The molecule has 1 aromatic rings. The van der Waals surface area contributed by atoms with Gasteiger partial charge in [-0.2, -0.15) is 0 Å². The fourth-order valence-electron chi connectivity index (χ4n) is 1.53. The molecule has 1 aromatic carbocycles. The summed E-state index contributed by atoms with van der Waals surface area (Å²) in [5, 5.41) is 14.8. The van der Waals surface area contributed by atoms with Crippen LogP contribution in [0, 0.1) is 17.5 Å². The molecule has 1 rings (SSSR count). The predicted octanol–water partition coefficient (Wildman–Crippen LogP) is 2.52. The highest BCUT2D eigenvalue weighted by Crippen LogP contribution is 2.19. The zero-order valence-corrected chi connectivity index (χ0v) is 10.2. The minimum Gasteiger partial charge on any atom is -0.480 e. The molecule has 20 heavy (non-hydrogen) atoms. The molecule has 1 atom stereocenters. The number of carboxylic acid groups (broad SMARTS) is 1. The van der Waals surface area contributed by atoms with E-state index in [4.69, 9.17) is 10.6 Å². The van der Waals surface area contributed by atoms with E-state index in [0.717, 1.165) is 0 Å². The van der Waals surface area contributed by atoms with Gasteiger partial charge in [0.1, 0.15) is 6.04 Å². The van der Waals surface area contributed by atoms with Gasteiger partial charge in [-0.1, -0.05) is 5.11 Å². The molecule has 1 unspecified atom stereocenters. The Morgan fingerprint density at radius 2 is 2.00 bits per heavy atom. The van der Waals surface area contributed by atoms with Gasteiger partial charge in [-0.25, -0.2) is 13.2 Å². The van der Waals surface area contributed by atoms with Gasteiger partial charge in [0.25, 0.3) is 0 Å². The Bertz CT molecular complexity index is 523. The summed E-state index contributed by atoms with van der Waals surface area (Å²) in [6.07, 6.45) is 0.347. The number of carbonyl (C=O) groups is 1. The van der Waals surface area contributed by atoms with Crippen LogP contribution in [0.4, 0.5) is 13.2 Å². The number of carboxylic acids is 1. The Morgan fingerprint density at radius 3 is 2.50 bits per heavy atom. The number of aliphatic carboxylic acids is 1. The molecule has 0 aliphatic carbocycles. The summed E-state index contributed by atoms with van der Waals surface area (Å²) in [6.45, 7) is 0.304. The molecule has 0 amide bonds. The van der Waals surface area contributed by atoms with E-state index in [0.29, 0.717) is 18.6 Å². The van der Waals surface area contributed by atoms with Crippen molar-refractivity contribution in [1.29, 1.82) is 0 Å². The van der Waals surface area contributed by atoms with Crippen molar-refractivity contribution < 1.29 is 23.1 Å². The molecule has 0 aromatic heterocycles. The van der Waals surface area contributed by atoms with Crippen LogP contribution in [-0.4, -0.2) is 24.2 Å². The summed E-state index contributed by atoms with van der Waals surface area (Å²) in [7, 11) is 0. The molecule has 0 saturated carbocycles. The molecular weight excluding hydrogens is 277 g/mol. The number of rotatable bonds is 7. The Balaban J connectivity index is 2.81. The third-order valence-electron chi connectivity index (χ3n) is 2.43. The van der Waals surface area contributed by atoms with Crippen molar-refractivity contribution in [2.24, 2.45) is 5.11 Å². The summed E-state index contributed by atoms with van der Waals surface area (Å²) in [4.78, 5) is 13.6.